The molecule has 1 N–H and O–H groups in total. The minimum Gasteiger partial charge on any atom is -0.484 e. The van der Waals surface area contributed by atoms with Crippen LogP contribution in [0, 0.1) is 0 Å². The summed E-state index contributed by atoms with van der Waals surface area (Å²) < 4.78 is 28.4. The van der Waals surface area contributed by atoms with E-state index in [4.69, 9.17) is 16.3 Å². The molecule has 2 rings (SSSR count). The molecular formula is C18H20ClNO4S. The standard InChI is InChI=1S/C18H20ClNO4S/c1-3-17(13-7-9-16(10-8-13)25(2,22)23)20-18(21)12-24-15-6-4-5-14(19)11-15/h4-11,17H,3,12H2,1-2H3,(H,20,21)/t17-/m1/s1. The summed E-state index contributed by atoms with van der Waals surface area (Å²) in [5.74, 6) is 0.257. The van der Waals surface area contributed by atoms with Gasteiger partial charge in [-0.05, 0) is 42.3 Å². The van der Waals surface area contributed by atoms with Crippen molar-refractivity contribution >= 4 is 27.3 Å². The molecule has 0 aliphatic carbocycles. The molecule has 0 aliphatic heterocycles. The Hall–Kier alpha value is -2.05. The summed E-state index contributed by atoms with van der Waals surface area (Å²) in [6.07, 6.45) is 1.83. The van der Waals surface area contributed by atoms with Gasteiger partial charge >= 0.3 is 0 Å². The van der Waals surface area contributed by atoms with Crippen molar-refractivity contribution in [3.8, 4) is 5.75 Å². The summed E-state index contributed by atoms with van der Waals surface area (Å²) in [6, 6.07) is 13.1. The van der Waals surface area contributed by atoms with Gasteiger partial charge in [0.05, 0.1) is 10.9 Å². The van der Waals surface area contributed by atoms with E-state index in [1.807, 2.05) is 6.92 Å². The van der Waals surface area contributed by atoms with Gasteiger partial charge in [0, 0.05) is 11.3 Å². The Morgan fingerprint density at radius 2 is 1.88 bits per heavy atom. The Labute approximate surface area is 152 Å². The molecule has 0 heterocycles. The van der Waals surface area contributed by atoms with Gasteiger partial charge < -0.3 is 10.1 Å². The molecule has 0 unspecified atom stereocenters. The minimum atomic E-state index is -3.24. The van der Waals surface area contributed by atoms with Crippen LogP contribution in [0.5, 0.6) is 5.75 Å². The van der Waals surface area contributed by atoms with E-state index < -0.39 is 9.84 Å². The molecule has 0 saturated carbocycles. The lowest BCUT2D eigenvalue weighted by molar-refractivity contribution is -0.123. The van der Waals surface area contributed by atoms with Gasteiger partial charge in [0.25, 0.3) is 5.91 Å². The fourth-order valence-electron chi connectivity index (χ4n) is 2.31. The zero-order valence-corrected chi connectivity index (χ0v) is 15.6. The Balaban J connectivity index is 1.97. The van der Waals surface area contributed by atoms with E-state index in [1.54, 1.807) is 48.5 Å². The van der Waals surface area contributed by atoms with Crippen LogP contribution in [0.4, 0.5) is 0 Å². The molecule has 2 aromatic rings. The maximum Gasteiger partial charge on any atom is 0.258 e. The third-order valence-corrected chi connectivity index (χ3v) is 4.98. The average Bonchev–Trinajstić information content (AvgIpc) is 2.57. The second kappa shape index (κ2) is 8.36. The first-order valence-corrected chi connectivity index (χ1v) is 10.0. The number of hydrogen-bond acceptors (Lipinski definition) is 4. The normalized spacial score (nSPS) is 12.4. The van der Waals surface area contributed by atoms with Crippen molar-refractivity contribution in [1.82, 2.24) is 5.32 Å². The van der Waals surface area contributed by atoms with Crippen molar-refractivity contribution in [3.05, 3.63) is 59.1 Å². The SMILES string of the molecule is CC[C@@H](NC(=O)COc1cccc(Cl)c1)c1ccc(S(C)(=O)=O)cc1. The molecule has 0 fully saturated rings. The predicted molar refractivity (Wildman–Crippen MR) is 97.7 cm³/mol. The number of benzene rings is 2. The molecule has 1 amide bonds. The molecule has 0 aliphatic rings. The van der Waals surface area contributed by atoms with Gasteiger partial charge in [0.15, 0.2) is 16.4 Å². The third-order valence-electron chi connectivity index (χ3n) is 3.62. The topological polar surface area (TPSA) is 72.5 Å². The number of amides is 1. The molecule has 0 aromatic heterocycles. The monoisotopic (exact) mass is 381 g/mol. The number of nitrogens with one attached hydrogen (secondary N) is 1. The van der Waals surface area contributed by atoms with E-state index in [2.05, 4.69) is 5.32 Å². The van der Waals surface area contributed by atoms with Crippen molar-refractivity contribution in [2.75, 3.05) is 12.9 Å². The van der Waals surface area contributed by atoms with Gasteiger partial charge in [-0.1, -0.05) is 36.7 Å². The Morgan fingerprint density at radius 3 is 2.44 bits per heavy atom. The lowest BCUT2D eigenvalue weighted by Gasteiger charge is -2.18. The highest BCUT2D eigenvalue weighted by molar-refractivity contribution is 7.90. The molecular weight excluding hydrogens is 362 g/mol. The van der Waals surface area contributed by atoms with Crippen LogP contribution in [0.1, 0.15) is 24.9 Å². The van der Waals surface area contributed by atoms with Crippen molar-refractivity contribution in [3.63, 3.8) is 0 Å². The van der Waals surface area contributed by atoms with Crippen LogP contribution in [0.25, 0.3) is 0 Å². The summed E-state index contributed by atoms with van der Waals surface area (Å²) in [5.41, 5.74) is 0.839. The van der Waals surface area contributed by atoms with Crippen LogP contribution in [0.2, 0.25) is 5.02 Å². The van der Waals surface area contributed by atoms with Crippen LogP contribution in [-0.2, 0) is 14.6 Å². The third kappa shape index (κ3) is 5.76. The molecule has 1 atom stereocenters. The molecule has 7 heteroatoms. The van der Waals surface area contributed by atoms with Gasteiger partial charge in [0.2, 0.25) is 0 Å². The molecule has 25 heavy (non-hydrogen) atoms. The summed E-state index contributed by atoms with van der Waals surface area (Å²) in [7, 11) is -3.24. The summed E-state index contributed by atoms with van der Waals surface area (Å²) in [6.45, 7) is 1.81. The van der Waals surface area contributed by atoms with Gasteiger partial charge in [0.1, 0.15) is 5.75 Å². The lowest BCUT2D eigenvalue weighted by atomic mass is 10.0. The molecule has 134 valence electrons. The van der Waals surface area contributed by atoms with E-state index in [0.717, 1.165) is 11.8 Å². The number of sulfone groups is 1. The maximum atomic E-state index is 12.1. The Kier molecular flexibility index (Phi) is 6.45. The number of rotatable bonds is 7. The van der Waals surface area contributed by atoms with Gasteiger partial charge in [-0.2, -0.15) is 0 Å². The molecule has 2 aromatic carbocycles. The summed E-state index contributed by atoms with van der Waals surface area (Å²) in [5, 5.41) is 3.42. The highest BCUT2D eigenvalue weighted by Gasteiger charge is 2.14. The maximum absolute atomic E-state index is 12.1. The fourth-order valence-corrected chi connectivity index (χ4v) is 3.12. The first kappa shape index (κ1) is 19.3. The lowest BCUT2D eigenvalue weighted by Crippen LogP contribution is -2.32. The second-order valence-corrected chi connectivity index (χ2v) is 8.07. The molecule has 5 nitrogen and oxygen atoms in total. The largest absolute Gasteiger partial charge is 0.484 e. The summed E-state index contributed by atoms with van der Waals surface area (Å²) >= 11 is 5.87. The van der Waals surface area contributed by atoms with Crippen molar-refractivity contribution in [2.24, 2.45) is 0 Å². The molecule has 0 saturated heterocycles. The number of hydrogen-bond donors (Lipinski definition) is 1. The first-order valence-electron chi connectivity index (χ1n) is 7.77. The highest BCUT2D eigenvalue weighted by atomic mass is 35.5. The van der Waals surface area contributed by atoms with Crippen LogP contribution in [-0.4, -0.2) is 27.2 Å². The number of ether oxygens (including phenoxy) is 1. The van der Waals surface area contributed by atoms with Crippen molar-refractivity contribution in [2.45, 2.75) is 24.3 Å². The van der Waals surface area contributed by atoms with Gasteiger partial charge in [-0.15, -0.1) is 0 Å². The Morgan fingerprint density at radius 1 is 1.20 bits per heavy atom. The van der Waals surface area contributed by atoms with Crippen LogP contribution >= 0.6 is 11.6 Å². The Bertz CT molecular complexity index is 834. The van der Waals surface area contributed by atoms with Crippen molar-refractivity contribution < 1.29 is 17.9 Å². The predicted octanol–water partition coefficient (Wildman–Crippen LogP) is 3.39. The van der Waals surface area contributed by atoms with Crippen molar-refractivity contribution in [1.29, 1.82) is 0 Å². The average molecular weight is 382 g/mol. The quantitative estimate of drug-likeness (QED) is 0.797. The second-order valence-electron chi connectivity index (χ2n) is 5.62. The van der Waals surface area contributed by atoms with Gasteiger partial charge in [-0.3, -0.25) is 4.79 Å². The van der Waals surface area contributed by atoms with Crippen LogP contribution < -0.4 is 10.1 Å². The smallest absolute Gasteiger partial charge is 0.258 e. The van der Waals surface area contributed by atoms with Crippen LogP contribution in [0.15, 0.2) is 53.4 Å². The van der Waals surface area contributed by atoms with E-state index in [0.29, 0.717) is 17.2 Å². The molecule has 0 bridgehead atoms. The summed E-state index contributed by atoms with van der Waals surface area (Å²) in [4.78, 5) is 12.4. The molecule has 0 radical (unpaired) electrons. The van der Waals surface area contributed by atoms with Crippen LogP contribution in [0.3, 0.4) is 0 Å². The zero-order valence-electron chi connectivity index (χ0n) is 14.0. The zero-order chi connectivity index (χ0) is 18.4. The highest BCUT2D eigenvalue weighted by Crippen LogP contribution is 2.20. The van der Waals surface area contributed by atoms with Gasteiger partial charge in [-0.25, -0.2) is 8.42 Å². The molecule has 0 spiro atoms. The van der Waals surface area contributed by atoms with E-state index in [1.165, 1.54) is 0 Å². The first-order chi connectivity index (χ1) is 11.8. The number of carbonyl (C=O) groups excluding carboxylic acids is 1. The fraction of sp³-hybridized carbons (Fsp3) is 0.278. The minimum absolute atomic E-state index is 0.127. The van der Waals surface area contributed by atoms with E-state index >= 15 is 0 Å². The number of halogens is 1. The van der Waals surface area contributed by atoms with E-state index in [-0.39, 0.29) is 23.5 Å². The van der Waals surface area contributed by atoms with E-state index in [9.17, 15) is 13.2 Å². The number of carbonyl (C=O) groups is 1.